The van der Waals surface area contributed by atoms with Crippen molar-refractivity contribution < 1.29 is 33.3 Å². The number of aromatic carboxylic acids is 1. The lowest BCUT2D eigenvalue weighted by Crippen LogP contribution is -2.16. The van der Waals surface area contributed by atoms with Gasteiger partial charge >= 0.3 is 11.9 Å². The van der Waals surface area contributed by atoms with Gasteiger partial charge in [0.2, 0.25) is 0 Å². The molecule has 47 heavy (non-hydrogen) atoms. The highest BCUT2D eigenvalue weighted by Crippen LogP contribution is 2.34. The van der Waals surface area contributed by atoms with E-state index in [1.165, 1.54) is 19.4 Å². The molecule has 10 heteroatoms. The number of amides is 1. The van der Waals surface area contributed by atoms with Crippen molar-refractivity contribution in [2.45, 2.75) is 33.5 Å². The molecule has 10 nitrogen and oxygen atoms in total. The highest BCUT2D eigenvalue weighted by Gasteiger charge is 2.15. The maximum absolute atomic E-state index is 12.7. The van der Waals surface area contributed by atoms with Gasteiger partial charge in [-0.2, -0.15) is 5.10 Å². The summed E-state index contributed by atoms with van der Waals surface area (Å²) in [6, 6.07) is 25.3. The van der Waals surface area contributed by atoms with Crippen molar-refractivity contribution in [3.8, 4) is 22.9 Å². The van der Waals surface area contributed by atoms with Crippen LogP contribution >= 0.6 is 0 Å². The van der Waals surface area contributed by atoms with Crippen LogP contribution in [0.4, 0.5) is 0 Å². The lowest BCUT2D eigenvalue weighted by atomic mass is 10.1. The molecule has 0 aliphatic carbocycles. The molecule has 0 radical (unpaired) electrons. The van der Waals surface area contributed by atoms with E-state index in [-0.39, 0.29) is 24.5 Å². The van der Waals surface area contributed by atoms with Gasteiger partial charge in [0.1, 0.15) is 24.7 Å². The maximum atomic E-state index is 12.7. The van der Waals surface area contributed by atoms with Crippen molar-refractivity contribution in [1.29, 1.82) is 0 Å². The average Bonchev–Trinajstić information content (AvgIpc) is 3.69. The zero-order chi connectivity index (χ0) is 33.3. The highest BCUT2D eigenvalue weighted by molar-refractivity contribution is 5.92. The summed E-state index contributed by atoms with van der Waals surface area (Å²) in [5.41, 5.74) is 8.15. The summed E-state index contributed by atoms with van der Waals surface area (Å²) >= 11 is 0. The number of ether oxygens (including phenoxy) is 3. The molecule has 0 fully saturated rings. The number of aromatic nitrogens is 1. The van der Waals surface area contributed by atoms with E-state index < -0.39 is 11.9 Å². The van der Waals surface area contributed by atoms with Gasteiger partial charge in [0.05, 0.1) is 18.9 Å². The molecule has 3 aromatic carbocycles. The number of hydrogen-bond donors (Lipinski definition) is 2. The molecule has 0 saturated carbocycles. The van der Waals surface area contributed by atoms with E-state index in [1.807, 2.05) is 30.3 Å². The van der Waals surface area contributed by atoms with E-state index in [4.69, 9.17) is 18.6 Å². The summed E-state index contributed by atoms with van der Waals surface area (Å²) in [7, 11) is 1.52. The largest absolute Gasteiger partial charge is 0.493 e. The molecule has 0 saturated heterocycles. The van der Waals surface area contributed by atoms with Crippen LogP contribution in [0.1, 0.15) is 54.8 Å². The number of hydrazone groups is 1. The fourth-order valence-corrected chi connectivity index (χ4v) is 5.05. The Morgan fingerprint density at radius 3 is 2.43 bits per heavy atom. The molecule has 0 aliphatic rings. The number of methoxy groups -OCH3 is 1. The van der Waals surface area contributed by atoms with Crippen LogP contribution in [-0.4, -0.2) is 34.9 Å². The number of aryl methyl sites for hydroxylation is 2. The monoisotopic (exact) mass is 633 g/mol. The summed E-state index contributed by atoms with van der Waals surface area (Å²) in [6.45, 7) is 8.25. The predicted molar refractivity (Wildman–Crippen MR) is 178 cm³/mol. The van der Waals surface area contributed by atoms with Crippen LogP contribution in [0.15, 0.2) is 107 Å². The van der Waals surface area contributed by atoms with Crippen molar-refractivity contribution in [1.82, 2.24) is 9.99 Å². The first-order chi connectivity index (χ1) is 22.7. The Labute approximate surface area is 272 Å². The minimum atomic E-state index is -1.01. The second kappa shape index (κ2) is 14.8. The molecule has 2 N–H and O–H groups in total. The van der Waals surface area contributed by atoms with Crippen molar-refractivity contribution in [3.05, 3.63) is 143 Å². The van der Waals surface area contributed by atoms with Crippen LogP contribution in [0.25, 0.3) is 5.69 Å². The van der Waals surface area contributed by atoms with E-state index in [0.29, 0.717) is 40.6 Å². The standard InChI is InChI=1S/C37H35N3O7/c1-5-7-28-19-27(20-34(44-4)35(28)46-22-26-8-6-9-29(18-26)37(42)43)21-38-39-36(41)33-17-16-32(47-33)23-45-31-14-12-30(13-15-31)40-24(2)10-11-25(40)3/h5-6,8-21H,1,7,22-23H2,2-4H3,(H,39,41)(H,42,43)/b38-21+. The second-order valence-corrected chi connectivity index (χ2v) is 10.7. The van der Waals surface area contributed by atoms with Crippen LogP contribution in [0, 0.1) is 13.8 Å². The van der Waals surface area contributed by atoms with E-state index in [1.54, 1.807) is 42.5 Å². The summed E-state index contributed by atoms with van der Waals surface area (Å²) in [5, 5.41) is 13.4. The zero-order valence-corrected chi connectivity index (χ0v) is 26.4. The molecule has 240 valence electrons. The first kappa shape index (κ1) is 32.4. The smallest absolute Gasteiger partial charge is 0.335 e. The van der Waals surface area contributed by atoms with Crippen molar-refractivity contribution in [3.63, 3.8) is 0 Å². The van der Waals surface area contributed by atoms with Gasteiger partial charge in [0.25, 0.3) is 0 Å². The third-order valence-electron chi connectivity index (χ3n) is 7.31. The molecule has 0 unspecified atom stereocenters. The zero-order valence-electron chi connectivity index (χ0n) is 26.4. The Kier molecular flexibility index (Phi) is 10.2. The number of carboxylic acids is 1. The molecule has 2 heterocycles. The van der Waals surface area contributed by atoms with E-state index >= 15 is 0 Å². The van der Waals surface area contributed by atoms with E-state index in [2.05, 4.69) is 47.7 Å². The van der Waals surface area contributed by atoms with E-state index in [0.717, 1.165) is 22.6 Å². The maximum Gasteiger partial charge on any atom is 0.335 e. The summed E-state index contributed by atoms with van der Waals surface area (Å²) in [6.07, 6.45) is 3.69. The Hall–Kier alpha value is -6.03. The Balaban J connectivity index is 1.18. The third kappa shape index (κ3) is 7.98. The van der Waals surface area contributed by atoms with Gasteiger partial charge in [0, 0.05) is 22.6 Å². The van der Waals surface area contributed by atoms with Crippen molar-refractivity contribution in [2.75, 3.05) is 7.11 Å². The number of rotatable bonds is 14. The number of nitrogens with one attached hydrogen (secondary N) is 1. The first-order valence-electron chi connectivity index (χ1n) is 14.8. The topological polar surface area (TPSA) is 125 Å². The van der Waals surface area contributed by atoms with Crippen molar-refractivity contribution in [2.24, 2.45) is 5.10 Å². The normalized spacial score (nSPS) is 11.0. The number of carbonyl (C=O) groups is 2. The lowest BCUT2D eigenvalue weighted by molar-refractivity contribution is 0.0696. The minimum Gasteiger partial charge on any atom is -0.493 e. The van der Waals surface area contributed by atoms with Crippen molar-refractivity contribution >= 4 is 18.1 Å². The third-order valence-corrected chi connectivity index (χ3v) is 7.31. The highest BCUT2D eigenvalue weighted by atomic mass is 16.5. The lowest BCUT2D eigenvalue weighted by Gasteiger charge is -2.16. The average molecular weight is 634 g/mol. The molecule has 2 aromatic heterocycles. The molecule has 1 amide bonds. The van der Waals surface area contributed by atoms with Crippen LogP contribution in [0.2, 0.25) is 0 Å². The van der Waals surface area contributed by atoms with Crippen LogP contribution in [-0.2, 0) is 19.6 Å². The molecule has 0 atom stereocenters. The predicted octanol–water partition coefficient (Wildman–Crippen LogP) is 7.04. The van der Waals surface area contributed by atoms with Gasteiger partial charge in [-0.05, 0) is 104 Å². The van der Waals surface area contributed by atoms with Gasteiger partial charge in [-0.25, -0.2) is 10.2 Å². The number of allylic oxidation sites excluding steroid dienone is 1. The van der Waals surface area contributed by atoms with E-state index in [9.17, 15) is 14.7 Å². The summed E-state index contributed by atoms with van der Waals surface area (Å²) in [5.74, 6) is 0.688. The summed E-state index contributed by atoms with van der Waals surface area (Å²) in [4.78, 5) is 24.0. The SMILES string of the molecule is C=CCc1cc(/C=N/NC(=O)c2ccc(COc3ccc(-n4c(C)ccc4C)cc3)o2)cc(OC)c1OCc1cccc(C(=O)O)c1. The molecule has 5 rings (SSSR count). The van der Waals surface area contributed by atoms with Gasteiger partial charge in [-0.15, -0.1) is 6.58 Å². The Bertz CT molecular complexity index is 1900. The number of hydrogen-bond acceptors (Lipinski definition) is 7. The minimum absolute atomic E-state index is 0.0929. The number of furan rings is 1. The molecule has 0 bridgehead atoms. The van der Waals surface area contributed by atoms with Gasteiger partial charge in [-0.3, -0.25) is 4.79 Å². The molecule has 0 spiro atoms. The quantitative estimate of drug-likeness (QED) is 0.0763. The van der Waals surface area contributed by atoms with Gasteiger partial charge < -0.3 is 28.3 Å². The fraction of sp³-hybridized carbons (Fsp3) is 0.162. The second-order valence-electron chi connectivity index (χ2n) is 10.7. The number of benzene rings is 3. The summed E-state index contributed by atoms with van der Waals surface area (Å²) < 4.78 is 25.3. The van der Waals surface area contributed by atoms with Crippen LogP contribution < -0.4 is 19.6 Å². The molecule has 0 aliphatic heterocycles. The van der Waals surface area contributed by atoms with Gasteiger partial charge in [0.15, 0.2) is 17.3 Å². The fourth-order valence-electron chi connectivity index (χ4n) is 5.05. The van der Waals surface area contributed by atoms with Gasteiger partial charge in [-0.1, -0.05) is 18.2 Å². The van der Waals surface area contributed by atoms with Crippen LogP contribution in [0.5, 0.6) is 17.2 Å². The number of carbonyl (C=O) groups excluding carboxylic acids is 1. The first-order valence-corrected chi connectivity index (χ1v) is 14.8. The molecular formula is C37H35N3O7. The van der Waals surface area contributed by atoms with Crippen LogP contribution in [0.3, 0.4) is 0 Å². The molecule has 5 aromatic rings. The Morgan fingerprint density at radius 1 is 0.957 bits per heavy atom. The number of nitrogens with zero attached hydrogens (tertiary/aromatic N) is 2. The number of carboxylic acid groups (broad SMARTS) is 1. The Morgan fingerprint density at radius 2 is 1.72 bits per heavy atom. The molecular weight excluding hydrogens is 598 g/mol.